The molecule has 2 rings (SSSR count). The number of rotatable bonds is 6. The molecule has 0 amide bonds. The van der Waals surface area contributed by atoms with Gasteiger partial charge in [0, 0.05) is 23.0 Å². The fourth-order valence-corrected chi connectivity index (χ4v) is 3.20. The highest BCUT2D eigenvalue weighted by molar-refractivity contribution is 8.00. The van der Waals surface area contributed by atoms with Crippen LogP contribution in [-0.2, 0) is 0 Å². The molecule has 0 atom stereocenters. The fraction of sp³-hybridized carbons (Fsp3) is 0.600. The van der Waals surface area contributed by atoms with Crippen LogP contribution in [0.1, 0.15) is 33.1 Å². The molecule has 19 heavy (non-hydrogen) atoms. The molecular weight excluding hydrogens is 256 g/mol. The Kier molecular flexibility index (Phi) is 4.50. The van der Waals surface area contributed by atoms with Crippen molar-refractivity contribution in [3.05, 3.63) is 18.2 Å². The van der Waals surface area contributed by atoms with Crippen LogP contribution in [0.5, 0.6) is 5.75 Å². The Hall–Kier alpha value is -1.03. The van der Waals surface area contributed by atoms with Gasteiger partial charge in [0.1, 0.15) is 5.75 Å². The zero-order valence-electron chi connectivity index (χ0n) is 12.0. The number of ether oxygens (including phenoxy) is 1. The van der Waals surface area contributed by atoms with Crippen LogP contribution in [-0.4, -0.2) is 23.7 Å². The maximum absolute atomic E-state index is 5.93. The van der Waals surface area contributed by atoms with Crippen LogP contribution >= 0.6 is 11.8 Å². The molecule has 1 fully saturated rings. The number of nitrogens with two attached hydrogens (primary N) is 1. The minimum Gasteiger partial charge on any atom is -0.489 e. The van der Waals surface area contributed by atoms with E-state index in [1.54, 1.807) is 0 Å². The summed E-state index contributed by atoms with van der Waals surface area (Å²) < 4.78 is 6.15. The van der Waals surface area contributed by atoms with Gasteiger partial charge in [-0.1, -0.05) is 6.42 Å². The standard InChI is InChI=1S/C15H24N2OS/c1-11(2)18-14-9-12(5-6-13(14)16)17-10-15(19-3)7-4-8-15/h5-6,9,11,17H,4,7-8,10,16H2,1-3H3. The minimum atomic E-state index is 0.140. The Morgan fingerprint density at radius 3 is 2.68 bits per heavy atom. The average Bonchev–Trinajstić information content (AvgIpc) is 2.31. The summed E-state index contributed by atoms with van der Waals surface area (Å²) in [6.07, 6.45) is 6.32. The summed E-state index contributed by atoms with van der Waals surface area (Å²) in [5.74, 6) is 0.770. The van der Waals surface area contributed by atoms with Crippen LogP contribution in [0.4, 0.5) is 11.4 Å². The van der Waals surface area contributed by atoms with Crippen LogP contribution < -0.4 is 15.8 Å². The molecule has 3 N–H and O–H groups in total. The molecular formula is C15H24N2OS. The second-order valence-corrected chi connectivity index (χ2v) is 6.79. The zero-order valence-corrected chi connectivity index (χ0v) is 12.8. The van der Waals surface area contributed by atoms with Crippen molar-refractivity contribution < 1.29 is 4.74 Å². The molecule has 4 heteroatoms. The van der Waals surface area contributed by atoms with Crippen LogP contribution in [0.2, 0.25) is 0 Å². The lowest BCUT2D eigenvalue weighted by Gasteiger charge is -2.40. The van der Waals surface area contributed by atoms with Crippen LogP contribution in [0.15, 0.2) is 18.2 Å². The molecule has 0 spiro atoms. The van der Waals surface area contributed by atoms with E-state index in [-0.39, 0.29) is 6.10 Å². The van der Waals surface area contributed by atoms with Gasteiger partial charge in [-0.25, -0.2) is 0 Å². The Bertz CT molecular complexity index is 425. The van der Waals surface area contributed by atoms with Gasteiger partial charge in [0.05, 0.1) is 11.8 Å². The third-order valence-corrected chi connectivity index (χ3v) is 5.11. The summed E-state index contributed by atoms with van der Waals surface area (Å²) in [5.41, 5.74) is 7.71. The predicted molar refractivity (Wildman–Crippen MR) is 85.2 cm³/mol. The van der Waals surface area contributed by atoms with E-state index in [9.17, 15) is 0 Å². The summed E-state index contributed by atoms with van der Waals surface area (Å²) in [7, 11) is 0. The highest BCUT2D eigenvalue weighted by atomic mass is 32.2. The normalized spacial score (nSPS) is 17.1. The molecule has 106 valence electrons. The van der Waals surface area contributed by atoms with E-state index < -0.39 is 0 Å². The molecule has 1 saturated carbocycles. The second kappa shape index (κ2) is 5.95. The molecule has 0 heterocycles. The van der Waals surface area contributed by atoms with Gasteiger partial charge in [-0.05, 0) is 45.1 Å². The summed E-state index contributed by atoms with van der Waals surface area (Å²) in [4.78, 5) is 0. The van der Waals surface area contributed by atoms with E-state index in [4.69, 9.17) is 10.5 Å². The van der Waals surface area contributed by atoms with E-state index in [1.807, 2.05) is 43.8 Å². The number of nitrogens with one attached hydrogen (secondary N) is 1. The van der Waals surface area contributed by atoms with Gasteiger partial charge in [-0.15, -0.1) is 0 Å². The first-order chi connectivity index (χ1) is 9.04. The third kappa shape index (κ3) is 3.50. The minimum absolute atomic E-state index is 0.140. The molecule has 1 aromatic rings. The van der Waals surface area contributed by atoms with Crippen molar-refractivity contribution in [3.63, 3.8) is 0 Å². The van der Waals surface area contributed by atoms with Crippen molar-refractivity contribution in [2.75, 3.05) is 23.9 Å². The maximum Gasteiger partial charge on any atom is 0.144 e. The van der Waals surface area contributed by atoms with Gasteiger partial charge >= 0.3 is 0 Å². The van der Waals surface area contributed by atoms with Crippen molar-refractivity contribution in [3.8, 4) is 5.75 Å². The molecule has 0 aliphatic heterocycles. The van der Waals surface area contributed by atoms with Crippen LogP contribution in [0.25, 0.3) is 0 Å². The van der Waals surface area contributed by atoms with Gasteiger partial charge in [-0.2, -0.15) is 11.8 Å². The Morgan fingerprint density at radius 1 is 1.42 bits per heavy atom. The topological polar surface area (TPSA) is 47.3 Å². The molecule has 0 saturated heterocycles. The number of nitrogen functional groups attached to an aromatic ring is 1. The monoisotopic (exact) mass is 280 g/mol. The number of benzene rings is 1. The van der Waals surface area contributed by atoms with Gasteiger partial charge in [0.2, 0.25) is 0 Å². The number of thioether (sulfide) groups is 1. The molecule has 1 aliphatic rings. The number of hydrogen-bond donors (Lipinski definition) is 2. The van der Waals surface area contributed by atoms with Crippen molar-refractivity contribution in [1.82, 2.24) is 0 Å². The highest BCUT2D eigenvalue weighted by Gasteiger charge is 2.35. The van der Waals surface area contributed by atoms with Gasteiger partial charge in [0.15, 0.2) is 0 Å². The molecule has 0 radical (unpaired) electrons. The lowest BCUT2D eigenvalue weighted by Crippen LogP contribution is -2.40. The molecule has 0 aromatic heterocycles. The summed E-state index contributed by atoms with van der Waals surface area (Å²) in [6, 6.07) is 5.93. The van der Waals surface area contributed by atoms with Crippen molar-refractivity contribution in [2.45, 2.75) is 44.0 Å². The number of anilines is 2. The maximum atomic E-state index is 5.93. The molecule has 1 aliphatic carbocycles. The fourth-order valence-electron chi connectivity index (χ4n) is 2.29. The van der Waals surface area contributed by atoms with Gasteiger partial charge in [0.25, 0.3) is 0 Å². The lowest BCUT2D eigenvalue weighted by atomic mass is 9.84. The lowest BCUT2D eigenvalue weighted by molar-refractivity contribution is 0.244. The predicted octanol–water partition coefficient (Wildman–Crippen LogP) is 3.75. The quantitative estimate of drug-likeness (QED) is 0.779. The van der Waals surface area contributed by atoms with E-state index in [2.05, 4.69) is 11.6 Å². The smallest absolute Gasteiger partial charge is 0.144 e. The Labute approximate surface area is 120 Å². The van der Waals surface area contributed by atoms with Crippen molar-refractivity contribution in [1.29, 1.82) is 0 Å². The van der Waals surface area contributed by atoms with Gasteiger partial charge in [-0.3, -0.25) is 0 Å². The summed E-state index contributed by atoms with van der Waals surface area (Å²) >= 11 is 1.98. The van der Waals surface area contributed by atoms with E-state index in [1.165, 1.54) is 19.3 Å². The summed E-state index contributed by atoms with van der Waals surface area (Å²) in [6.45, 7) is 5.03. The largest absolute Gasteiger partial charge is 0.489 e. The van der Waals surface area contributed by atoms with E-state index in [0.717, 1.165) is 18.0 Å². The molecule has 0 bridgehead atoms. The van der Waals surface area contributed by atoms with Crippen molar-refractivity contribution in [2.24, 2.45) is 0 Å². The number of hydrogen-bond acceptors (Lipinski definition) is 4. The van der Waals surface area contributed by atoms with Crippen LogP contribution in [0, 0.1) is 0 Å². The first-order valence-corrected chi connectivity index (χ1v) is 8.12. The molecule has 3 nitrogen and oxygen atoms in total. The molecule has 0 unspecified atom stereocenters. The first kappa shape index (κ1) is 14.4. The van der Waals surface area contributed by atoms with Crippen LogP contribution in [0.3, 0.4) is 0 Å². The Balaban J connectivity index is 2.00. The van der Waals surface area contributed by atoms with Gasteiger partial charge < -0.3 is 15.8 Å². The van der Waals surface area contributed by atoms with E-state index >= 15 is 0 Å². The van der Waals surface area contributed by atoms with Crippen molar-refractivity contribution >= 4 is 23.1 Å². The van der Waals surface area contributed by atoms with E-state index in [0.29, 0.717) is 10.4 Å². The second-order valence-electron chi connectivity index (χ2n) is 5.51. The zero-order chi connectivity index (χ0) is 13.9. The SMILES string of the molecule is CSC1(CNc2ccc(N)c(OC(C)C)c2)CCC1. The third-order valence-electron chi connectivity index (χ3n) is 3.69. The first-order valence-electron chi connectivity index (χ1n) is 6.90. The summed E-state index contributed by atoms with van der Waals surface area (Å²) in [5, 5.41) is 3.52. The highest BCUT2D eigenvalue weighted by Crippen LogP contribution is 2.42. The molecule has 1 aromatic carbocycles. The average molecular weight is 280 g/mol. The Morgan fingerprint density at radius 2 is 2.16 bits per heavy atom.